The van der Waals surface area contributed by atoms with Gasteiger partial charge in [-0.05, 0) is 31.0 Å². The molecule has 0 saturated carbocycles. The number of nitrogens with one attached hydrogen (secondary N) is 2. The van der Waals surface area contributed by atoms with Crippen molar-refractivity contribution in [2.24, 2.45) is 12.0 Å². The smallest absolute Gasteiger partial charge is 0.192 e. The summed E-state index contributed by atoms with van der Waals surface area (Å²) in [6, 6.07) is 5.14. The Labute approximate surface area is 164 Å². The molecule has 0 aliphatic heterocycles. The molecule has 0 aliphatic carbocycles. The summed E-state index contributed by atoms with van der Waals surface area (Å²) in [5.41, 5.74) is 1.44. The maximum atomic E-state index is 13.6. The van der Waals surface area contributed by atoms with Crippen LogP contribution in [0.25, 0.3) is 0 Å². The minimum absolute atomic E-state index is 0. The van der Waals surface area contributed by atoms with Crippen molar-refractivity contribution in [3.05, 3.63) is 59.4 Å². The number of rotatable bonds is 6. The summed E-state index contributed by atoms with van der Waals surface area (Å²) >= 11 is 0. The Morgan fingerprint density at radius 1 is 1.32 bits per heavy atom. The number of nitrogens with zero attached hydrogens (tertiary/aromatic N) is 4. The molecule has 0 spiro atoms. The Hall–Kier alpha value is -1.97. The fourth-order valence-corrected chi connectivity index (χ4v) is 2.02. The summed E-state index contributed by atoms with van der Waals surface area (Å²) in [6.45, 7) is 8.76. The van der Waals surface area contributed by atoms with Crippen LogP contribution in [0.2, 0.25) is 0 Å². The van der Waals surface area contributed by atoms with E-state index in [9.17, 15) is 4.39 Å². The number of aryl methyl sites for hydroxylation is 2. The standard InChI is InChI=1S/C17H23FN6.HI/c1-5-8-19-17(21-11-16-23-22-13(3)24(16)4)20-10-14-7-6-12(2)15(18)9-14;/h5-7,9H,1,8,10-11H2,2-4H3,(H2,19,20,21);1H. The first-order chi connectivity index (χ1) is 11.5. The van der Waals surface area contributed by atoms with Gasteiger partial charge in [-0.25, -0.2) is 9.38 Å². The van der Waals surface area contributed by atoms with Gasteiger partial charge in [-0.3, -0.25) is 0 Å². The summed E-state index contributed by atoms with van der Waals surface area (Å²) in [5, 5.41) is 14.5. The van der Waals surface area contributed by atoms with Gasteiger partial charge >= 0.3 is 0 Å². The molecule has 1 aromatic carbocycles. The molecule has 0 amide bonds. The van der Waals surface area contributed by atoms with E-state index in [1.807, 2.05) is 24.6 Å². The van der Waals surface area contributed by atoms with Gasteiger partial charge in [0, 0.05) is 13.6 Å². The number of hydrogen-bond donors (Lipinski definition) is 2. The molecule has 1 heterocycles. The van der Waals surface area contributed by atoms with E-state index in [4.69, 9.17) is 0 Å². The zero-order valence-corrected chi connectivity index (χ0v) is 17.0. The number of aromatic nitrogens is 3. The topological polar surface area (TPSA) is 67.1 Å². The Bertz CT molecular complexity index is 741. The zero-order chi connectivity index (χ0) is 17.5. The van der Waals surface area contributed by atoms with E-state index >= 15 is 0 Å². The summed E-state index contributed by atoms with van der Waals surface area (Å²) in [7, 11) is 1.91. The highest BCUT2D eigenvalue weighted by atomic mass is 127. The predicted octanol–water partition coefficient (Wildman–Crippen LogP) is 2.61. The van der Waals surface area contributed by atoms with E-state index in [0.29, 0.717) is 31.2 Å². The molecule has 2 N–H and O–H groups in total. The van der Waals surface area contributed by atoms with Crippen molar-refractivity contribution in [3.63, 3.8) is 0 Å². The predicted molar refractivity (Wildman–Crippen MR) is 108 cm³/mol. The van der Waals surface area contributed by atoms with Crippen LogP contribution in [0.3, 0.4) is 0 Å². The second-order valence-corrected chi connectivity index (χ2v) is 5.49. The first kappa shape index (κ1) is 21.1. The van der Waals surface area contributed by atoms with Crippen molar-refractivity contribution in [3.8, 4) is 0 Å². The van der Waals surface area contributed by atoms with Gasteiger partial charge < -0.3 is 15.2 Å². The molecule has 0 saturated heterocycles. The molecule has 25 heavy (non-hydrogen) atoms. The minimum atomic E-state index is -0.217. The summed E-state index contributed by atoms with van der Waals surface area (Å²) < 4.78 is 15.5. The molecule has 6 nitrogen and oxygen atoms in total. The molecule has 136 valence electrons. The minimum Gasteiger partial charge on any atom is -0.353 e. The lowest BCUT2D eigenvalue weighted by molar-refractivity contribution is 0.616. The molecular formula is C17H24FIN6. The van der Waals surface area contributed by atoms with Crippen molar-refractivity contribution < 1.29 is 4.39 Å². The van der Waals surface area contributed by atoms with Gasteiger partial charge in [-0.2, -0.15) is 0 Å². The Kier molecular flexibility index (Phi) is 8.53. The summed E-state index contributed by atoms with van der Waals surface area (Å²) in [5.74, 6) is 2.05. The van der Waals surface area contributed by atoms with E-state index in [1.54, 1.807) is 19.1 Å². The van der Waals surface area contributed by atoms with Crippen LogP contribution in [-0.4, -0.2) is 27.3 Å². The van der Waals surface area contributed by atoms with E-state index in [1.165, 1.54) is 6.07 Å². The molecule has 0 bridgehead atoms. The Balaban J connectivity index is 0.00000312. The van der Waals surface area contributed by atoms with Crippen molar-refractivity contribution in [1.82, 2.24) is 25.4 Å². The normalized spacial score (nSPS) is 11.0. The van der Waals surface area contributed by atoms with E-state index in [2.05, 4.69) is 32.4 Å². The fourth-order valence-electron chi connectivity index (χ4n) is 2.02. The van der Waals surface area contributed by atoms with Crippen LogP contribution in [0.1, 0.15) is 22.8 Å². The third-order valence-corrected chi connectivity index (χ3v) is 3.67. The molecule has 0 aliphatic rings. The van der Waals surface area contributed by atoms with E-state index < -0.39 is 0 Å². The fraction of sp³-hybridized carbons (Fsp3) is 0.353. The highest BCUT2D eigenvalue weighted by molar-refractivity contribution is 14.0. The highest BCUT2D eigenvalue weighted by Gasteiger charge is 2.06. The molecule has 1 aromatic heterocycles. The lowest BCUT2D eigenvalue weighted by Gasteiger charge is -2.11. The second-order valence-electron chi connectivity index (χ2n) is 5.49. The van der Waals surface area contributed by atoms with Crippen LogP contribution in [0.5, 0.6) is 0 Å². The van der Waals surface area contributed by atoms with Crippen LogP contribution in [0, 0.1) is 19.7 Å². The van der Waals surface area contributed by atoms with E-state index in [-0.39, 0.29) is 29.8 Å². The lowest BCUT2D eigenvalue weighted by Crippen LogP contribution is -2.37. The van der Waals surface area contributed by atoms with Crippen molar-refractivity contribution in [1.29, 1.82) is 0 Å². The molecular weight excluding hydrogens is 434 g/mol. The second kappa shape index (κ2) is 10.1. The molecule has 0 unspecified atom stereocenters. The molecule has 8 heteroatoms. The van der Waals surface area contributed by atoms with Crippen LogP contribution < -0.4 is 10.6 Å². The highest BCUT2D eigenvalue weighted by Crippen LogP contribution is 2.10. The first-order valence-corrected chi connectivity index (χ1v) is 7.74. The van der Waals surface area contributed by atoms with Crippen LogP contribution in [0.15, 0.2) is 35.8 Å². The number of guanidine groups is 1. The van der Waals surface area contributed by atoms with Gasteiger partial charge in [-0.15, -0.1) is 40.8 Å². The zero-order valence-electron chi connectivity index (χ0n) is 14.7. The average molecular weight is 458 g/mol. The van der Waals surface area contributed by atoms with Crippen molar-refractivity contribution >= 4 is 29.9 Å². The van der Waals surface area contributed by atoms with Crippen LogP contribution >= 0.6 is 24.0 Å². The number of hydrogen-bond acceptors (Lipinski definition) is 3. The quantitative estimate of drug-likeness (QED) is 0.302. The number of halogens is 2. The third-order valence-electron chi connectivity index (χ3n) is 3.67. The molecule has 0 radical (unpaired) electrons. The maximum Gasteiger partial charge on any atom is 0.192 e. The van der Waals surface area contributed by atoms with Crippen molar-refractivity contribution in [2.75, 3.05) is 6.54 Å². The Morgan fingerprint density at radius 3 is 2.68 bits per heavy atom. The van der Waals surface area contributed by atoms with E-state index in [0.717, 1.165) is 17.2 Å². The van der Waals surface area contributed by atoms with Crippen LogP contribution in [0.4, 0.5) is 4.39 Å². The maximum absolute atomic E-state index is 13.6. The van der Waals surface area contributed by atoms with Gasteiger partial charge in [0.05, 0.1) is 13.1 Å². The van der Waals surface area contributed by atoms with Gasteiger partial charge in [0.2, 0.25) is 0 Å². The van der Waals surface area contributed by atoms with Crippen LogP contribution in [-0.2, 0) is 20.1 Å². The number of aliphatic imine (C=N–C) groups is 1. The van der Waals surface area contributed by atoms with Gasteiger partial charge in [-0.1, -0.05) is 18.2 Å². The molecule has 0 fully saturated rings. The molecule has 2 aromatic rings. The SMILES string of the molecule is C=CCNC(=NCc1ccc(C)c(F)c1)NCc1nnc(C)n1C.I. The summed E-state index contributed by atoms with van der Waals surface area (Å²) in [6.07, 6.45) is 1.75. The lowest BCUT2D eigenvalue weighted by atomic mass is 10.1. The molecule has 2 rings (SSSR count). The van der Waals surface area contributed by atoms with Crippen molar-refractivity contribution in [2.45, 2.75) is 26.9 Å². The largest absolute Gasteiger partial charge is 0.353 e. The first-order valence-electron chi connectivity index (χ1n) is 7.74. The third kappa shape index (κ3) is 6.11. The number of benzene rings is 1. The monoisotopic (exact) mass is 458 g/mol. The molecule has 0 atom stereocenters. The summed E-state index contributed by atoms with van der Waals surface area (Å²) in [4.78, 5) is 4.48. The van der Waals surface area contributed by atoms with Gasteiger partial charge in [0.25, 0.3) is 0 Å². The van der Waals surface area contributed by atoms with Gasteiger partial charge in [0.1, 0.15) is 11.6 Å². The Morgan fingerprint density at radius 2 is 2.08 bits per heavy atom. The van der Waals surface area contributed by atoms with Gasteiger partial charge in [0.15, 0.2) is 11.8 Å². The average Bonchev–Trinajstić information content (AvgIpc) is 2.89.